The second kappa shape index (κ2) is 6.30. The van der Waals surface area contributed by atoms with Gasteiger partial charge < -0.3 is 20.7 Å². The van der Waals surface area contributed by atoms with Crippen LogP contribution in [-0.4, -0.2) is 21.7 Å². The van der Waals surface area contributed by atoms with E-state index in [2.05, 4.69) is 5.32 Å². The summed E-state index contributed by atoms with van der Waals surface area (Å²) in [7, 11) is 0. The first-order chi connectivity index (χ1) is 12.5. The van der Waals surface area contributed by atoms with Crippen molar-refractivity contribution in [1.29, 1.82) is 0 Å². The van der Waals surface area contributed by atoms with E-state index in [1.54, 1.807) is 4.57 Å². The Bertz CT molecular complexity index is 943. The van der Waals surface area contributed by atoms with E-state index >= 15 is 0 Å². The van der Waals surface area contributed by atoms with Crippen molar-refractivity contribution in [3.63, 3.8) is 0 Å². The quantitative estimate of drug-likeness (QED) is 0.726. The van der Waals surface area contributed by atoms with Crippen LogP contribution in [-0.2, 0) is 0 Å². The van der Waals surface area contributed by atoms with Crippen molar-refractivity contribution in [1.82, 2.24) is 4.57 Å². The Hall–Kier alpha value is -2.57. The van der Waals surface area contributed by atoms with Crippen LogP contribution in [0, 0.1) is 5.82 Å². The summed E-state index contributed by atoms with van der Waals surface area (Å²) in [5.41, 5.74) is 6.09. The number of nitrogen functional groups attached to an aromatic ring is 1. The SMILES string of the molecule is Nc1c(NC2CCCCC2)c(F)cc2c(=O)c(C(=O)O)cn(C3CC3)c12. The van der Waals surface area contributed by atoms with Crippen LogP contribution in [0.5, 0.6) is 0 Å². The highest BCUT2D eigenvalue weighted by molar-refractivity contribution is 6.00. The van der Waals surface area contributed by atoms with Gasteiger partial charge in [0, 0.05) is 18.3 Å². The summed E-state index contributed by atoms with van der Waals surface area (Å²) in [5.74, 6) is -1.92. The van der Waals surface area contributed by atoms with Gasteiger partial charge >= 0.3 is 5.97 Å². The van der Waals surface area contributed by atoms with E-state index in [-0.39, 0.29) is 34.4 Å². The van der Waals surface area contributed by atoms with E-state index in [0.29, 0.717) is 5.52 Å². The zero-order chi connectivity index (χ0) is 18.4. The van der Waals surface area contributed by atoms with E-state index in [1.807, 2.05) is 0 Å². The number of fused-ring (bicyclic) bond motifs is 1. The molecule has 1 heterocycles. The zero-order valence-corrected chi connectivity index (χ0v) is 14.4. The molecule has 0 radical (unpaired) electrons. The van der Waals surface area contributed by atoms with E-state index in [0.717, 1.165) is 44.6 Å². The Balaban J connectivity index is 1.90. The Labute approximate surface area is 149 Å². The van der Waals surface area contributed by atoms with Crippen molar-refractivity contribution < 1.29 is 14.3 Å². The van der Waals surface area contributed by atoms with Crippen molar-refractivity contribution in [3.8, 4) is 0 Å². The molecular weight excluding hydrogens is 337 g/mol. The number of anilines is 2. The Morgan fingerprint density at radius 3 is 2.54 bits per heavy atom. The van der Waals surface area contributed by atoms with Crippen LogP contribution in [0.25, 0.3) is 10.9 Å². The van der Waals surface area contributed by atoms with Crippen LogP contribution in [0.15, 0.2) is 17.1 Å². The Morgan fingerprint density at radius 2 is 1.92 bits per heavy atom. The number of nitrogens with zero attached hydrogens (tertiary/aromatic N) is 1. The topological polar surface area (TPSA) is 97.3 Å². The summed E-state index contributed by atoms with van der Waals surface area (Å²) in [6, 6.07) is 1.40. The van der Waals surface area contributed by atoms with Crippen molar-refractivity contribution in [2.24, 2.45) is 0 Å². The minimum absolute atomic E-state index is 0.0287. The lowest BCUT2D eigenvalue weighted by Crippen LogP contribution is -2.25. The van der Waals surface area contributed by atoms with Crippen LogP contribution in [0.1, 0.15) is 61.3 Å². The summed E-state index contributed by atoms with van der Waals surface area (Å²) in [6.07, 6.45) is 8.44. The number of carboxylic acid groups (broad SMARTS) is 1. The highest BCUT2D eigenvalue weighted by Gasteiger charge is 2.29. The summed E-state index contributed by atoms with van der Waals surface area (Å²) in [5, 5.41) is 12.6. The van der Waals surface area contributed by atoms with Crippen LogP contribution in [0.3, 0.4) is 0 Å². The molecule has 2 fully saturated rings. The molecule has 26 heavy (non-hydrogen) atoms. The van der Waals surface area contributed by atoms with Crippen LogP contribution >= 0.6 is 0 Å². The number of carboxylic acids is 1. The highest BCUT2D eigenvalue weighted by Crippen LogP contribution is 2.40. The number of carbonyl (C=O) groups is 1. The number of benzene rings is 1. The molecule has 0 saturated heterocycles. The molecular formula is C19H22FN3O3. The predicted molar refractivity (Wildman–Crippen MR) is 98.3 cm³/mol. The maximum Gasteiger partial charge on any atom is 0.341 e. The average Bonchev–Trinajstić information content (AvgIpc) is 3.45. The second-order valence-electron chi connectivity index (χ2n) is 7.34. The second-order valence-corrected chi connectivity index (χ2v) is 7.34. The fourth-order valence-electron chi connectivity index (χ4n) is 3.91. The third kappa shape index (κ3) is 2.81. The van der Waals surface area contributed by atoms with Crippen LogP contribution < -0.4 is 16.5 Å². The largest absolute Gasteiger partial charge is 0.477 e. The molecule has 7 heteroatoms. The molecule has 2 aliphatic carbocycles. The molecule has 0 unspecified atom stereocenters. The lowest BCUT2D eigenvalue weighted by Gasteiger charge is -2.26. The van der Waals surface area contributed by atoms with Gasteiger partial charge in [-0.1, -0.05) is 19.3 Å². The van der Waals surface area contributed by atoms with Crippen molar-refractivity contribution >= 4 is 28.2 Å². The standard InChI is InChI=1S/C19H22FN3O3/c20-14-8-12-17(15(21)16(14)22-10-4-2-1-3-5-10)23(11-6-7-11)9-13(18(12)24)19(25)26/h8-11,22H,1-7,21H2,(H,25,26). The minimum Gasteiger partial charge on any atom is -0.477 e. The normalized spacial score (nSPS) is 18.2. The van der Waals surface area contributed by atoms with Gasteiger partial charge in [-0.05, 0) is 31.7 Å². The molecule has 2 aromatic rings. The molecule has 0 atom stereocenters. The molecule has 0 spiro atoms. The molecule has 2 saturated carbocycles. The monoisotopic (exact) mass is 359 g/mol. The van der Waals surface area contributed by atoms with Gasteiger partial charge in [-0.3, -0.25) is 4.79 Å². The first-order valence-corrected chi connectivity index (χ1v) is 9.14. The molecule has 4 rings (SSSR count). The number of aromatic carboxylic acids is 1. The number of hydrogen-bond acceptors (Lipinski definition) is 4. The van der Waals surface area contributed by atoms with Crippen LogP contribution in [0.2, 0.25) is 0 Å². The summed E-state index contributed by atoms with van der Waals surface area (Å²) >= 11 is 0. The van der Waals surface area contributed by atoms with E-state index in [1.165, 1.54) is 12.6 Å². The number of halogens is 1. The number of hydrogen-bond donors (Lipinski definition) is 3. The van der Waals surface area contributed by atoms with Gasteiger partial charge in [0.2, 0.25) is 5.43 Å². The Kier molecular flexibility index (Phi) is 4.09. The van der Waals surface area contributed by atoms with Gasteiger partial charge in [-0.25, -0.2) is 9.18 Å². The summed E-state index contributed by atoms with van der Waals surface area (Å²) < 4.78 is 16.5. The van der Waals surface area contributed by atoms with Gasteiger partial charge in [0.05, 0.1) is 22.3 Å². The van der Waals surface area contributed by atoms with Gasteiger partial charge in [0.15, 0.2) is 0 Å². The summed E-state index contributed by atoms with van der Waals surface area (Å²) in [4.78, 5) is 23.9. The molecule has 2 aliphatic rings. The van der Waals surface area contributed by atoms with E-state index < -0.39 is 17.2 Å². The highest BCUT2D eigenvalue weighted by atomic mass is 19.1. The Morgan fingerprint density at radius 1 is 1.23 bits per heavy atom. The number of nitrogens with one attached hydrogen (secondary N) is 1. The molecule has 0 bridgehead atoms. The zero-order valence-electron chi connectivity index (χ0n) is 14.4. The average molecular weight is 359 g/mol. The lowest BCUT2D eigenvalue weighted by atomic mass is 9.95. The molecule has 1 aromatic heterocycles. The number of aromatic nitrogens is 1. The fraction of sp³-hybridized carbons (Fsp3) is 0.474. The smallest absolute Gasteiger partial charge is 0.341 e. The fourth-order valence-corrected chi connectivity index (χ4v) is 3.91. The molecule has 6 nitrogen and oxygen atoms in total. The molecule has 4 N–H and O–H groups in total. The molecule has 0 aliphatic heterocycles. The van der Waals surface area contributed by atoms with Gasteiger partial charge in [0.25, 0.3) is 0 Å². The third-order valence-electron chi connectivity index (χ3n) is 5.43. The summed E-state index contributed by atoms with van der Waals surface area (Å²) in [6.45, 7) is 0. The third-order valence-corrected chi connectivity index (χ3v) is 5.43. The maximum atomic E-state index is 14.8. The first kappa shape index (κ1) is 16.9. The number of pyridine rings is 1. The molecule has 1 aromatic carbocycles. The molecule has 0 amide bonds. The van der Waals surface area contributed by atoms with Crippen LogP contribution in [0.4, 0.5) is 15.8 Å². The number of rotatable bonds is 4. The van der Waals surface area contributed by atoms with E-state index in [9.17, 15) is 19.1 Å². The maximum absolute atomic E-state index is 14.8. The van der Waals surface area contributed by atoms with Crippen molar-refractivity contribution in [2.75, 3.05) is 11.1 Å². The lowest BCUT2D eigenvalue weighted by molar-refractivity contribution is 0.0695. The van der Waals surface area contributed by atoms with Crippen molar-refractivity contribution in [2.45, 2.75) is 57.0 Å². The van der Waals surface area contributed by atoms with E-state index in [4.69, 9.17) is 5.73 Å². The minimum atomic E-state index is -1.31. The predicted octanol–water partition coefficient (Wildman–Crippen LogP) is 3.50. The van der Waals surface area contributed by atoms with Gasteiger partial charge in [0.1, 0.15) is 11.4 Å². The van der Waals surface area contributed by atoms with Gasteiger partial charge in [-0.15, -0.1) is 0 Å². The van der Waals surface area contributed by atoms with Gasteiger partial charge in [-0.2, -0.15) is 0 Å². The molecule has 138 valence electrons. The first-order valence-electron chi connectivity index (χ1n) is 9.14. The van der Waals surface area contributed by atoms with Crippen molar-refractivity contribution in [3.05, 3.63) is 33.9 Å². The number of nitrogens with two attached hydrogens (primary N) is 1.